The molecule has 0 bridgehead atoms. The van der Waals surface area contributed by atoms with Crippen molar-refractivity contribution in [2.45, 2.75) is 155 Å². The minimum Gasteiger partial charge on any atom is -0.394 e. The zero-order valence-electron chi connectivity index (χ0n) is 20.9. The summed E-state index contributed by atoms with van der Waals surface area (Å²) in [4.78, 5) is 0. The fourth-order valence-electron chi connectivity index (χ4n) is 4.04. The van der Waals surface area contributed by atoms with Crippen molar-refractivity contribution < 1.29 is 8.85 Å². The van der Waals surface area contributed by atoms with Crippen LogP contribution in [0.4, 0.5) is 0 Å². The van der Waals surface area contributed by atoms with Crippen molar-refractivity contribution in [2.75, 3.05) is 13.2 Å². The van der Waals surface area contributed by atoms with Crippen LogP contribution in [-0.2, 0) is 8.85 Å². The van der Waals surface area contributed by atoms with Crippen molar-refractivity contribution in [2.24, 2.45) is 0 Å². The molecule has 0 fully saturated rings. The van der Waals surface area contributed by atoms with Gasteiger partial charge in [0.25, 0.3) is 0 Å². The van der Waals surface area contributed by atoms with Gasteiger partial charge in [-0.1, -0.05) is 130 Å². The Labute approximate surface area is 186 Å². The molecule has 0 aromatic heterocycles. The van der Waals surface area contributed by atoms with Gasteiger partial charge in [-0.2, -0.15) is 0 Å². The van der Waals surface area contributed by atoms with Crippen LogP contribution >= 0.6 is 0 Å². The summed E-state index contributed by atoms with van der Waals surface area (Å²) < 4.78 is 12.7. The lowest BCUT2D eigenvalue weighted by atomic mass is 10.0. The number of hydrogen-bond acceptors (Lipinski definition) is 2. The Morgan fingerprint density at radius 2 is 0.655 bits per heavy atom. The maximum atomic E-state index is 6.37. The predicted molar refractivity (Wildman–Crippen MR) is 133 cm³/mol. The van der Waals surface area contributed by atoms with E-state index in [1.165, 1.54) is 116 Å². The molecule has 0 aromatic rings. The molecule has 29 heavy (non-hydrogen) atoms. The largest absolute Gasteiger partial charge is 0.394 e. The van der Waals surface area contributed by atoms with Crippen LogP contribution in [0.15, 0.2) is 0 Å². The zero-order chi connectivity index (χ0) is 21.5. The monoisotopic (exact) mass is 428 g/mol. The van der Waals surface area contributed by atoms with E-state index in [4.69, 9.17) is 8.85 Å². The van der Waals surface area contributed by atoms with E-state index in [0.29, 0.717) is 0 Å². The highest BCUT2D eigenvalue weighted by molar-refractivity contribution is 6.67. The first-order chi connectivity index (χ1) is 14.2. The van der Waals surface area contributed by atoms with E-state index in [1.54, 1.807) is 0 Å². The molecule has 0 amide bonds. The second-order valence-corrected chi connectivity index (χ2v) is 12.8. The molecular formula is C26H56O2Si. The number of rotatable bonds is 24. The average molecular weight is 429 g/mol. The van der Waals surface area contributed by atoms with E-state index in [0.717, 1.165) is 25.3 Å². The van der Waals surface area contributed by atoms with Gasteiger partial charge in [0, 0.05) is 13.2 Å². The second-order valence-electron chi connectivity index (χ2n) is 8.97. The molecule has 0 aliphatic carbocycles. The third-order valence-corrected chi connectivity index (χ3v) is 9.92. The summed E-state index contributed by atoms with van der Waals surface area (Å²) in [5.74, 6) is 0. The summed E-state index contributed by atoms with van der Waals surface area (Å²) in [5, 5.41) is 0. The van der Waals surface area contributed by atoms with Crippen LogP contribution in [0.3, 0.4) is 0 Å². The van der Waals surface area contributed by atoms with Crippen molar-refractivity contribution in [1.29, 1.82) is 0 Å². The van der Waals surface area contributed by atoms with Crippen LogP contribution in [0, 0.1) is 0 Å². The lowest BCUT2D eigenvalue weighted by Crippen LogP contribution is -2.41. The lowest BCUT2D eigenvalue weighted by Gasteiger charge is -2.29. The molecule has 0 N–H and O–H groups in total. The van der Waals surface area contributed by atoms with Crippen LogP contribution in [0.1, 0.15) is 143 Å². The molecule has 0 rings (SSSR count). The van der Waals surface area contributed by atoms with Crippen molar-refractivity contribution in [3.63, 3.8) is 0 Å². The van der Waals surface area contributed by atoms with Gasteiger partial charge in [-0.05, 0) is 24.9 Å². The van der Waals surface area contributed by atoms with E-state index >= 15 is 0 Å². The Morgan fingerprint density at radius 1 is 0.379 bits per heavy atom. The molecule has 0 aliphatic heterocycles. The number of unbranched alkanes of at least 4 members (excludes halogenated alkanes) is 16. The minimum atomic E-state index is -1.91. The molecular weight excluding hydrogens is 372 g/mol. The molecule has 0 radical (unpaired) electrons. The topological polar surface area (TPSA) is 18.5 Å². The summed E-state index contributed by atoms with van der Waals surface area (Å²) in [6, 6.07) is 2.19. The SMILES string of the molecule is CCCCCCCCCCCCCCCO[Si](CC)(CC)OCCCCCCC. The maximum Gasteiger partial charge on any atom is 0.337 e. The molecule has 0 saturated carbocycles. The Kier molecular flexibility index (Phi) is 22.9. The van der Waals surface area contributed by atoms with Gasteiger partial charge in [-0.3, -0.25) is 0 Å². The van der Waals surface area contributed by atoms with E-state index in [2.05, 4.69) is 27.7 Å². The van der Waals surface area contributed by atoms with Gasteiger partial charge in [0.1, 0.15) is 0 Å². The first-order valence-electron chi connectivity index (χ1n) is 13.5. The molecule has 0 atom stereocenters. The Bertz CT molecular complexity index is 305. The smallest absolute Gasteiger partial charge is 0.337 e. The molecule has 0 saturated heterocycles. The van der Waals surface area contributed by atoms with Gasteiger partial charge < -0.3 is 8.85 Å². The zero-order valence-corrected chi connectivity index (χ0v) is 21.9. The third-order valence-electron chi connectivity index (χ3n) is 6.30. The fourth-order valence-corrected chi connectivity index (χ4v) is 6.47. The fraction of sp³-hybridized carbons (Fsp3) is 1.00. The molecule has 0 aromatic carbocycles. The summed E-state index contributed by atoms with van der Waals surface area (Å²) in [7, 11) is -1.91. The van der Waals surface area contributed by atoms with E-state index in [-0.39, 0.29) is 0 Å². The Morgan fingerprint density at radius 3 is 0.931 bits per heavy atom. The lowest BCUT2D eigenvalue weighted by molar-refractivity contribution is 0.163. The van der Waals surface area contributed by atoms with E-state index in [9.17, 15) is 0 Å². The average Bonchev–Trinajstić information content (AvgIpc) is 2.75. The highest BCUT2D eigenvalue weighted by atomic mass is 28.4. The summed E-state index contributed by atoms with van der Waals surface area (Å²) in [6.07, 6.45) is 24.8. The van der Waals surface area contributed by atoms with Gasteiger partial charge in [-0.15, -0.1) is 0 Å². The normalized spacial score (nSPS) is 12.0. The highest BCUT2D eigenvalue weighted by Gasteiger charge is 2.33. The van der Waals surface area contributed by atoms with Crippen LogP contribution in [0.5, 0.6) is 0 Å². The van der Waals surface area contributed by atoms with Crippen molar-refractivity contribution in [3.05, 3.63) is 0 Å². The second kappa shape index (κ2) is 22.8. The first kappa shape index (κ1) is 29.1. The quantitative estimate of drug-likeness (QED) is 0.112. The first-order valence-corrected chi connectivity index (χ1v) is 15.8. The van der Waals surface area contributed by atoms with E-state index in [1.807, 2.05) is 0 Å². The van der Waals surface area contributed by atoms with E-state index < -0.39 is 8.56 Å². The van der Waals surface area contributed by atoms with Crippen LogP contribution in [-0.4, -0.2) is 21.8 Å². The van der Waals surface area contributed by atoms with Crippen LogP contribution < -0.4 is 0 Å². The molecule has 0 spiro atoms. The molecule has 176 valence electrons. The summed E-state index contributed by atoms with van der Waals surface area (Å²) >= 11 is 0. The molecule has 0 aliphatic rings. The third kappa shape index (κ3) is 18.6. The van der Waals surface area contributed by atoms with Gasteiger partial charge in [0.15, 0.2) is 0 Å². The van der Waals surface area contributed by atoms with Gasteiger partial charge in [0.2, 0.25) is 0 Å². The van der Waals surface area contributed by atoms with Crippen molar-refractivity contribution in [1.82, 2.24) is 0 Å². The Balaban J connectivity index is 3.54. The van der Waals surface area contributed by atoms with Gasteiger partial charge in [-0.25, -0.2) is 0 Å². The standard InChI is InChI=1S/C26H56O2Si/c1-5-9-11-13-14-15-16-17-18-19-20-22-24-26-28-29(7-3,8-4)27-25-23-21-12-10-6-2/h5-26H2,1-4H3. The number of hydrogen-bond donors (Lipinski definition) is 0. The Hall–Kier alpha value is 0.137. The predicted octanol–water partition coefficient (Wildman–Crippen LogP) is 9.56. The van der Waals surface area contributed by atoms with Crippen LogP contribution in [0.2, 0.25) is 12.1 Å². The molecule has 2 nitrogen and oxygen atoms in total. The van der Waals surface area contributed by atoms with Gasteiger partial charge in [0.05, 0.1) is 0 Å². The summed E-state index contributed by atoms with van der Waals surface area (Å²) in [6.45, 7) is 10.9. The summed E-state index contributed by atoms with van der Waals surface area (Å²) in [5.41, 5.74) is 0. The maximum absolute atomic E-state index is 6.37. The van der Waals surface area contributed by atoms with Crippen molar-refractivity contribution in [3.8, 4) is 0 Å². The van der Waals surface area contributed by atoms with Crippen molar-refractivity contribution >= 4 is 8.56 Å². The molecule has 0 unspecified atom stereocenters. The molecule has 0 heterocycles. The minimum absolute atomic E-state index is 0.913. The molecule has 3 heteroatoms. The highest BCUT2D eigenvalue weighted by Crippen LogP contribution is 2.20. The van der Waals surface area contributed by atoms with Crippen LogP contribution in [0.25, 0.3) is 0 Å². The van der Waals surface area contributed by atoms with Gasteiger partial charge >= 0.3 is 8.56 Å².